The van der Waals surface area contributed by atoms with Gasteiger partial charge in [0.25, 0.3) is 5.91 Å². The zero-order valence-corrected chi connectivity index (χ0v) is 21.4. The van der Waals surface area contributed by atoms with Gasteiger partial charge in [0.15, 0.2) is 5.78 Å². The molecule has 0 unspecified atom stereocenters. The van der Waals surface area contributed by atoms with Crippen molar-refractivity contribution in [3.8, 4) is 11.1 Å². The maximum atomic E-state index is 12.7. The van der Waals surface area contributed by atoms with Crippen LogP contribution in [0.2, 0.25) is 0 Å². The lowest BCUT2D eigenvalue weighted by atomic mass is 10.0. The molecule has 1 fully saturated rings. The summed E-state index contributed by atoms with van der Waals surface area (Å²) < 4.78 is 5.72. The van der Waals surface area contributed by atoms with Gasteiger partial charge in [-0.25, -0.2) is 4.79 Å². The number of ether oxygens (including phenoxy) is 1. The van der Waals surface area contributed by atoms with Crippen LogP contribution in [-0.2, 0) is 4.74 Å². The summed E-state index contributed by atoms with van der Waals surface area (Å²) in [5.74, 6) is -0.0880. The van der Waals surface area contributed by atoms with Gasteiger partial charge in [-0.05, 0) is 43.5 Å². The fourth-order valence-electron chi connectivity index (χ4n) is 4.46. The molecule has 1 aliphatic heterocycles. The van der Waals surface area contributed by atoms with Crippen molar-refractivity contribution in [3.05, 3.63) is 90.0 Å². The van der Waals surface area contributed by atoms with Gasteiger partial charge in [-0.2, -0.15) is 0 Å². The van der Waals surface area contributed by atoms with Crippen LogP contribution < -0.4 is 5.32 Å². The number of benzene rings is 3. The first-order valence-electron chi connectivity index (χ1n) is 12.6. The third-order valence-corrected chi connectivity index (χ3v) is 6.69. The number of hydrogen-bond acceptors (Lipinski definition) is 5. The Bertz CT molecular complexity index is 1220. The monoisotopic (exact) mass is 499 g/mol. The van der Waals surface area contributed by atoms with Gasteiger partial charge in [0, 0.05) is 49.9 Å². The molecule has 1 heterocycles. The Labute approximate surface area is 218 Å². The summed E-state index contributed by atoms with van der Waals surface area (Å²) in [6, 6.07) is 24.4. The van der Waals surface area contributed by atoms with Gasteiger partial charge in [0.1, 0.15) is 6.10 Å². The molecule has 3 aromatic carbocycles. The van der Waals surface area contributed by atoms with Crippen molar-refractivity contribution in [2.45, 2.75) is 25.9 Å². The van der Waals surface area contributed by atoms with Crippen LogP contribution in [0.5, 0.6) is 0 Å². The highest BCUT2D eigenvalue weighted by Gasteiger charge is 2.23. The Balaban J connectivity index is 1.21. The van der Waals surface area contributed by atoms with Crippen LogP contribution in [0.1, 0.15) is 40.5 Å². The minimum atomic E-state index is -0.442. The molecule has 0 saturated carbocycles. The van der Waals surface area contributed by atoms with E-state index in [0.29, 0.717) is 17.7 Å². The number of amides is 2. The SMILES string of the molecule is CC(=O)c1ccc(C(=O)N(C)CCN2CCC(OC(=O)Nc3ccccc3-c3ccccc3)CC2)cc1. The number of hydrogen-bond donors (Lipinski definition) is 1. The van der Waals surface area contributed by atoms with E-state index in [0.717, 1.165) is 49.3 Å². The zero-order chi connectivity index (χ0) is 26.2. The van der Waals surface area contributed by atoms with Crippen molar-refractivity contribution in [1.29, 1.82) is 0 Å². The molecule has 0 aliphatic carbocycles. The first-order chi connectivity index (χ1) is 17.9. The van der Waals surface area contributed by atoms with E-state index in [4.69, 9.17) is 4.74 Å². The first-order valence-corrected chi connectivity index (χ1v) is 12.6. The minimum absolute atomic E-state index is 0.0192. The van der Waals surface area contributed by atoms with Crippen molar-refractivity contribution >= 4 is 23.5 Å². The third-order valence-electron chi connectivity index (χ3n) is 6.69. The second-order valence-electron chi connectivity index (χ2n) is 9.34. The summed E-state index contributed by atoms with van der Waals surface area (Å²) in [6.07, 6.45) is 0.915. The number of anilines is 1. The van der Waals surface area contributed by atoms with Crippen molar-refractivity contribution in [2.24, 2.45) is 0 Å². The van der Waals surface area contributed by atoms with E-state index in [9.17, 15) is 14.4 Å². The molecule has 0 bridgehead atoms. The molecule has 37 heavy (non-hydrogen) atoms. The molecule has 1 saturated heterocycles. The summed E-state index contributed by atoms with van der Waals surface area (Å²) in [4.78, 5) is 40.7. The summed E-state index contributed by atoms with van der Waals surface area (Å²) in [5, 5.41) is 2.91. The van der Waals surface area contributed by atoms with Gasteiger partial charge in [0.05, 0.1) is 5.69 Å². The van der Waals surface area contributed by atoms with Gasteiger partial charge in [-0.3, -0.25) is 14.9 Å². The zero-order valence-electron chi connectivity index (χ0n) is 21.4. The predicted octanol–water partition coefficient (Wildman–Crippen LogP) is 5.34. The Morgan fingerprint density at radius 1 is 0.892 bits per heavy atom. The maximum absolute atomic E-state index is 12.7. The highest BCUT2D eigenvalue weighted by Crippen LogP contribution is 2.28. The molecule has 7 nitrogen and oxygen atoms in total. The van der Waals surface area contributed by atoms with Gasteiger partial charge >= 0.3 is 6.09 Å². The van der Waals surface area contributed by atoms with E-state index >= 15 is 0 Å². The fourth-order valence-corrected chi connectivity index (χ4v) is 4.46. The first kappa shape index (κ1) is 26.1. The Kier molecular flexibility index (Phi) is 8.69. The number of carbonyl (C=O) groups excluding carboxylic acids is 3. The summed E-state index contributed by atoms with van der Waals surface area (Å²) in [6.45, 7) is 4.45. The Hall–Kier alpha value is -3.97. The maximum Gasteiger partial charge on any atom is 0.411 e. The minimum Gasteiger partial charge on any atom is -0.446 e. The van der Waals surface area contributed by atoms with Gasteiger partial charge in [0.2, 0.25) is 0 Å². The molecule has 0 atom stereocenters. The topological polar surface area (TPSA) is 79.0 Å². The van der Waals surface area contributed by atoms with Crippen LogP contribution >= 0.6 is 0 Å². The van der Waals surface area contributed by atoms with Crippen molar-refractivity contribution in [2.75, 3.05) is 38.5 Å². The number of para-hydroxylation sites is 1. The van der Waals surface area contributed by atoms with E-state index in [2.05, 4.69) is 10.2 Å². The molecule has 4 rings (SSSR count). The lowest BCUT2D eigenvalue weighted by Crippen LogP contribution is -2.42. The summed E-state index contributed by atoms with van der Waals surface area (Å²) in [7, 11) is 1.79. The van der Waals surface area contributed by atoms with Crippen LogP contribution in [0.15, 0.2) is 78.9 Å². The number of likely N-dealkylation sites (N-methyl/N-ethyl adjacent to an activating group) is 1. The van der Waals surface area contributed by atoms with Crippen LogP contribution in [0.4, 0.5) is 10.5 Å². The second-order valence-corrected chi connectivity index (χ2v) is 9.34. The molecule has 2 amide bonds. The normalized spacial score (nSPS) is 14.1. The molecule has 192 valence electrons. The molecular weight excluding hydrogens is 466 g/mol. The average molecular weight is 500 g/mol. The second kappa shape index (κ2) is 12.3. The summed E-state index contributed by atoms with van der Waals surface area (Å²) in [5.41, 5.74) is 3.86. The number of rotatable bonds is 8. The van der Waals surface area contributed by atoms with Gasteiger partial charge in [-0.1, -0.05) is 60.7 Å². The van der Waals surface area contributed by atoms with E-state index < -0.39 is 6.09 Å². The average Bonchev–Trinajstić information content (AvgIpc) is 2.93. The molecule has 7 heteroatoms. The predicted molar refractivity (Wildman–Crippen MR) is 145 cm³/mol. The van der Waals surface area contributed by atoms with E-state index in [1.54, 1.807) is 36.2 Å². The number of nitrogens with zero attached hydrogens (tertiary/aromatic N) is 2. The highest BCUT2D eigenvalue weighted by atomic mass is 16.6. The van der Waals surface area contributed by atoms with Crippen LogP contribution in [-0.4, -0.2) is 66.9 Å². The molecule has 0 radical (unpaired) electrons. The molecule has 1 N–H and O–H groups in total. The number of Topliss-reactive ketones (excluding diaryl/α,β-unsaturated/α-hetero) is 1. The number of carbonyl (C=O) groups is 3. The smallest absolute Gasteiger partial charge is 0.411 e. The van der Waals surface area contributed by atoms with Crippen molar-refractivity contribution in [3.63, 3.8) is 0 Å². The van der Waals surface area contributed by atoms with Crippen molar-refractivity contribution < 1.29 is 19.1 Å². The third kappa shape index (κ3) is 7.05. The lowest BCUT2D eigenvalue weighted by Gasteiger charge is -2.32. The summed E-state index contributed by atoms with van der Waals surface area (Å²) >= 11 is 0. The van der Waals surface area contributed by atoms with E-state index in [1.807, 2.05) is 54.6 Å². The van der Waals surface area contributed by atoms with Crippen LogP contribution in [0.25, 0.3) is 11.1 Å². The number of likely N-dealkylation sites (tertiary alicyclic amines) is 1. The standard InChI is InChI=1S/C30H33N3O4/c1-22(34)23-12-14-25(15-13-23)29(35)32(2)20-21-33-18-16-26(17-19-33)37-30(36)31-28-11-7-6-10-27(28)24-8-4-3-5-9-24/h3-15,26H,16-21H2,1-2H3,(H,31,36). The van der Waals surface area contributed by atoms with Gasteiger partial charge < -0.3 is 14.5 Å². The van der Waals surface area contributed by atoms with E-state index in [-0.39, 0.29) is 17.8 Å². The Morgan fingerprint density at radius 2 is 1.51 bits per heavy atom. The highest BCUT2D eigenvalue weighted by molar-refractivity contribution is 5.97. The fraction of sp³-hybridized carbons (Fsp3) is 0.300. The number of nitrogens with one attached hydrogen (secondary N) is 1. The number of ketones is 1. The quantitative estimate of drug-likeness (QED) is 0.423. The molecular formula is C30H33N3O4. The number of piperidine rings is 1. The largest absolute Gasteiger partial charge is 0.446 e. The van der Waals surface area contributed by atoms with Crippen molar-refractivity contribution in [1.82, 2.24) is 9.80 Å². The molecule has 0 spiro atoms. The van der Waals surface area contributed by atoms with Crippen LogP contribution in [0.3, 0.4) is 0 Å². The van der Waals surface area contributed by atoms with E-state index in [1.165, 1.54) is 6.92 Å². The molecule has 3 aromatic rings. The molecule has 0 aromatic heterocycles. The molecule has 1 aliphatic rings. The lowest BCUT2D eigenvalue weighted by molar-refractivity contribution is 0.0540. The Morgan fingerprint density at radius 3 is 2.19 bits per heavy atom. The van der Waals surface area contributed by atoms with Gasteiger partial charge in [-0.15, -0.1) is 0 Å². The van der Waals surface area contributed by atoms with Crippen LogP contribution in [0, 0.1) is 0 Å².